The Morgan fingerprint density at radius 2 is 1.86 bits per heavy atom. The molecule has 0 fully saturated rings. The Balaban J connectivity index is 1.71. The van der Waals surface area contributed by atoms with Gasteiger partial charge in [-0.05, 0) is 55.7 Å². The minimum Gasteiger partial charge on any atom is -0.494 e. The molecule has 0 aliphatic rings. The fourth-order valence-corrected chi connectivity index (χ4v) is 3.90. The molecule has 0 aliphatic carbocycles. The van der Waals surface area contributed by atoms with Gasteiger partial charge in [0.1, 0.15) is 11.8 Å². The highest BCUT2D eigenvalue weighted by molar-refractivity contribution is 7.22. The van der Waals surface area contributed by atoms with Crippen LogP contribution in [-0.4, -0.2) is 29.4 Å². The number of thiazole rings is 1. The van der Waals surface area contributed by atoms with Crippen molar-refractivity contribution in [2.24, 2.45) is 5.92 Å². The van der Waals surface area contributed by atoms with Gasteiger partial charge in [-0.3, -0.25) is 9.59 Å². The number of benzene rings is 2. The zero-order chi connectivity index (χ0) is 21.0. The SMILES string of the molecule is CCOc1ccc(C(=O)N[C@H](C(=O)Nc2nc3c(C)cccc3s2)C(C)C)cc1. The molecule has 6 nitrogen and oxygen atoms in total. The highest BCUT2D eigenvalue weighted by atomic mass is 32.1. The summed E-state index contributed by atoms with van der Waals surface area (Å²) in [5, 5.41) is 6.22. The molecule has 0 unspecified atom stereocenters. The zero-order valence-corrected chi connectivity index (χ0v) is 17.8. The highest BCUT2D eigenvalue weighted by Gasteiger charge is 2.25. The first kappa shape index (κ1) is 20.8. The Morgan fingerprint density at radius 1 is 1.14 bits per heavy atom. The number of hydrogen-bond acceptors (Lipinski definition) is 5. The van der Waals surface area contributed by atoms with E-state index in [-0.39, 0.29) is 17.7 Å². The normalized spacial score (nSPS) is 12.0. The number of carbonyl (C=O) groups is 2. The standard InChI is InChI=1S/C22H25N3O3S/c1-5-28-16-11-9-15(10-12-16)20(26)23-18(13(2)3)21(27)25-22-24-19-14(4)7-6-8-17(19)29-22/h6-13,18H,5H2,1-4H3,(H,23,26)(H,24,25,27)/t18-/m0/s1. The lowest BCUT2D eigenvalue weighted by Crippen LogP contribution is -2.47. The lowest BCUT2D eigenvalue weighted by atomic mass is 10.0. The molecule has 152 valence electrons. The van der Waals surface area contributed by atoms with Crippen LogP contribution in [0, 0.1) is 12.8 Å². The molecule has 0 saturated carbocycles. The van der Waals surface area contributed by atoms with E-state index in [1.165, 1.54) is 11.3 Å². The Bertz CT molecular complexity index is 1010. The largest absolute Gasteiger partial charge is 0.494 e. The summed E-state index contributed by atoms with van der Waals surface area (Å²) >= 11 is 1.42. The van der Waals surface area contributed by atoms with E-state index in [0.29, 0.717) is 23.1 Å². The first-order valence-corrected chi connectivity index (χ1v) is 10.4. The fraction of sp³-hybridized carbons (Fsp3) is 0.318. The third kappa shape index (κ3) is 4.92. The maximum absolute atomic E-state index is 12.8. The van der Waals surface area contributed by atoms with Crippen molar-refractivity contribution in [2.75, 3.05) is 11.9 Å². The lowest BCUT2D eigenvalue weighted by molar-refractivity contribution is -0.118. The minimum atomic E-state index is -0.679. The number of ether oxygens (including phenoxy) is 1. The van der Waals surface area contributed by atoms with Crippen molar-refractivity contribution in [1.82, 2.24) is 10.3 Å². The smallest absolute Gasteiger partial charge is 0.251 e. The number of amides is 2. The topological polar surface area (TPSA) is 80.3 Å². The van der Waals surface area contributed by atoms with Crippen molar-refractivity contribution in [3.8, 4) is 5.75 Å². The summed E-state index contributed by atoms with van der Waals surface area (Å²) in [5.74, 6) is 0.0316. The maximum Gasteiger partial charge on any atom is 0.251 e. The molecule has 2 amide bonds. The Hall–Kier alpha value is -2.93. The summed E-state index contributed by atoms with van der Waals surface area (Å²) in [7, 11) is 0. The molecule has 2 N–H and O–H groups in total. The van der Waals surface area contributed by atoms with Gasteiger partial charge in [-0.25, -0.2) is 4.98 Å². The second-order valence-corrected chi connectivity index (χ2v) is 8.11. The number of carbonyl (C=O) groups excluding carboxylic acids is 2. The van der Waals surface area contributed by atoms with Crippen molar-refractivity contribution >= 4 is 38.5 Å². The monoisotopic (exact) mass is 411 g/mol. The number of hydrogen-bond donors (Lipinski definition) is 2. The molecule has 3 rings (SSSR count). The van der Waals surface area contributed by atoms with Crippen LogP contribution in [-0.2, 0) is 4.79 Å². The van der Waals surface area contributed by atoms with E-state index < -0.39 is 6.04 Å². The predicted molar refractivity (Wildman–Crippen MR) is 117 cm³/mol. The Morgan fingerprint density at radius 3 is 2.48 bits per heavy atom. The van der Waals surface area contributed by atoms with Crippen LogP contribution < -0.4 is 15.4 Å². The number of nitrogens with one attached hydrogen (secondary N) is 2. The second kappa shape index (κ2) is 9.05. The van der Waals surface area contributed by atoms with Crippen LogP contribution >= 0.6 is 11.3 Å². The third-order valence-corrected chi connectivity index (χ3v) is 5.45. The highest BCUT2D eigenvalue weighted by Crippen LogP contribution is 2.28. The maximum atomic E-state index is 12.8. The van der Waals surface area contributed by atoms with Crippen molar-refractivity contribution in [1.29, 1.82) is 0 Å². The van der Waals surface area contributed by atoms with Crippen LogP contribution in [0.25, 0.3) is 10.2 Å². The number of nitrogens with zero attached hydrogens (tertiary/aromatic N) is 1. The van der Waals surface area contributed by atoms with E-state index >= 15 is 0 Å². The first-order chi connectivity index (χ1) is 13.9. The van der Waals surface area contributed by atoms with Crippen LogP contribution in [0.15, 0.2) is 42.5 Å². The first-order valence-electron chi connectivity index (χ1n) is 9.59. The van der Waals surface area contributed by atoms with Crippen molar-refractivity contribution in [3.05, 3.63) is 53.6 Å². The minimum absolute atomic E-state index is 0.0854. The van der Waals surface area contributed by atoms with E-state index in [1.54, 1.807) is 24.3 Å². The third-order valence-electron chi connectivity index (χ3n) is 4.51. The van der Waals surface area contributed by atoms with Gasteiger partial charge in [0, 0.05) is 5.56 Å². The van der Waals surface area contributed by atoms with Crippen molar-refractivity contribution in [3.63, 3.8) is 0 Å². The van der Waals surface area contributed by atoms with Crippen molar-refractivity contribution in [2.45, 2.75) is 33.7 Å². The van der Waals surface area contributed by atoms with Gasteiger partial charge in [-0.15, -0.1) is 0 Å². The Kier molecular flexibility index (Phi) is 6.49. The molecule has 3 aromatic rings. The number of anilines is 1. The van der Waals surface area contributed by atoms with Gasteiger partial charge in [0.15, 0.2) is 5.13 Å². The molecule has 0 radical (unpaired) electrons. The van der Waals surface area contributed by atoms with E-state index in [9.17, 15) is 9.59 Å². The molecule has 0 bridgehead atoms. The van der Waals surface area contributed by atoms with Gasteiger partial charge in [-0.2, -0.15) is 0 Å². The summed E-state index contributed by atoms with van der Waals surface area (Å²) in [6.45, 7) is 8.24. The van der Waals surface area contributed by atoms with Gasteiger partial charge in [-0.1, -0.05) is 37.3 Å². The number of para-hydroxylation sites is 1. The number of aryl methyl sites for hydroxylation is 1. The summed E-state index contributed by atoms with van der Waals surface area (Å²) in [6, 6.07) is 12.1. The number of rotatable bonds is 7. The molecule has 0 saturated heterocycles. The van der Waals surface area contributed by atoms with Crippen LogP contribution in [0.3, 0.4) is 0 Å². The molecule has 2 aromatic carbocycles. The van der Waals surface area contributed by atoms with Gasteiger partial charge < -0.3 is 15.4 Å². The molecule has 1 atom stereocenters. The summed E-state index contributed by atoms with van der Waals surface area (Å²) < 4.78 is 6.41. The van der Waals surface area contributed by atoms with Gasteiger partial charge in [0.05, 0.1) is 16.8 Å². The molecule has 1 heterocycles. The molecule has 7 heteroatoms. The summed E-state index contributed by atoms with van der Waals surface area (Å²) in [4.78, 5) is 30.0. The van der Waals surface area contributed by atoms with Gasteiger partial charge in [0.25, 0.3) is 5.91 Å². The number of aromatic nitrogens is 1. The summed E-state index contributed by atoms with van der Waals surface area (Å²) in [5.41, 5.74) is 2.42. The van der Waals surface area contributed by atoms with Gasteiger partial charge in [0.2, 0.25) is 5.91 Å². The zero-order valence-electron chi connectivity index (χ0n) is 17.0. The molecule has 1 aromatic heterocycles. The average molecular weight is 412 g/mol. The van der Waals surface area contributed by atoms with E-state index in [0.717, 1.165) is 15.8 Å². The summed E-state index contributed by atoms with van der Waals surface area (Å²) in [6.07, 6.45) is 0. The van der Waals surface area contributed by atoms with Crippen LogP contribution in [0.4, 0.5) is 5.13 Å². The van der Waals surface area contributed by atoms with Crippen LogP contribution in [0.1, 0.15) is 36.7 Å². The average Bonchev–Trinajstić information content (AvgIpc) is 3.10. The van der Waals surface area contributed by atoms with E-state index in [2.05, 4.69) is 15.6 Å². The predicted octanol–water partition coefficient (Wildman–Crippen LogP) is 4.40. The second-order valence-electron chi connectivity index (χ2n) is 7.08. The van der Waals surface area contributed by atoms with Crippen LogP contribution in [0.2, 0.25) is 0 Å². The van der Waals surface area contributed by atoms with Crippen molar-refractivity contribution < 1.29 is 14.3 Å². The lowest BCUT2D eigenvalue weighted by Gasteiger charge is -2.21. The van der Waals surface area contributed by atoms with E-state index in [4.69, 9.17) is 4.74 Å². The molecule has 0 aliphatic heterocycles. The molecule has 0 spiro atoms. The van der Waals surface area contributed by atoms with Crippen LogP contribution in [0.5, 0.6) is 5.75 Å². The number of fused-ring (bicyclic) bond motifs is 1. The Labute approximate surface area is 174 Å². The quantitative estimate of drug-likeness (QED) is 0.604. The molecule has 29 heavy (non-hydrogen) atoms. The molecular formula is C22H25N3O3S. The fourth-order valence-electron chi connectivity index (χ4n) is 2.95. The van der Waals surface area contributed by atoms with E-state index in [1.807, 2.05) is 45.9 Å². The molecular weight excluding hydrogens is 386 g/mol. The van der Waals surface area contributed by atoms with Gasteiger partial charge >= 0.3 is 0 Å².